The maximum absolute atomic E-state index is 13.1. The van der Waals surface area contributed by atoms with E-state index in [1.54, 1.807) is 12.3 Å². The highest BCUT2D eigenvalue weighted by Gasteiger charge is 2.00. The molecule has 1 aromatic heterocycles. The Morgan fingerprint density at radius 2 is 2.22 bits per heavy atom. The zero-order valence-electron chi connectivity index (χ0n) is 10.2. The van der Waals surface area contributed by atoms with E-state index in [1.165, 1.54) is 17.8 Å². The summed E-state index contributed by atoms with van der Waals surface area (Å²) < 4.78 is 14.9. The normalized spacial score (nSPS) is 10.8. The van der Waals surface area contributed by atoms with E-state index >= 15 is 0 Å². The Morgan fingerprint density at radius 1 is 1.39 bits per heavy atom. The van der Waals surface area contributed by atoms with Gasteiger partial charge < -0.3 is 5.32 Å². The van der Waals surface area contributed by atoms with Gasteiger partial charge in [0.25, 0.3) is 0 Å². The van der Waals surface area contributed by atoms with Gasteiger partial charge in [0.05, 0.1) is 0 Å². The molecule has 0 aliphatic carbocycles. The average Bonchev–Trinajstić information content (AvgIpc) is 2.69. The SMILES string of the molecule is Cn1nccc1CCNCc1cc(F)cc(Cl)c1. The van der Waals surface area contributed by atoms with Crippen LogP contribution >= 0.6 is 11.6 Å². The molecule has 0 aliphatic heterocycles. The maximum Gasteiger partial charge on any atom is 0.125 e. The molecule has 0 unspecified atom stereocenters. The van der Waals surface area contributed by atoms with Crippen molar-refractivity contribution in [1.29, 1.82) is 0 Å². The molecule has 1 heterocycles. The van der Waals surface area contributed by atoms with Crippen molar-refractivity contribution in [3.05, 3.63) is 52.6 Å². The number of benzene rings is 1. The highest BCUT2D eigenvalue weighted by atomic mass is 35.5. The zero-order chi connectivity index (χ0) is 13.0. The summed E-state index contributed by atoms with van der Waals surface area (Å²) in [7, 11) is 1.92. The Kier molecular flexibility index (Phi) is 4.33. The molecule has 0 aliphatic rings. The van der Waals surface area contributed by atoms with Crippen molar-refractivity contribution < 1.29 is 4.39 Å². The molecular formula is C13H15ClFN3. The monoisotopic (exact) mass is 267 g/mol. The van der Waals surface area contributed by atoms with E-state index in [1.807, 2.05) is 17.8 Å². The van der Waals surface area contributed by atoms with Crippen molar-refractivity contribution in [2.45, 2.75) is 13.0 Å². The minimum Gasteiger partial charge on any atom is -0.312 e. The molecule has 0 spiro atoms. The zero-order valence-corrected chi connectivity index (χ0v) is 10.9. The lowest BCUT2D eigenvalue weighted by atomic mass is 10.2. The van der Waals surface area contributed by atoms with Crippen molar-refractivity contribution in [2.24, 2.45) is 7.05 Å². The lowest BCUT2D eigenvalue weighted by Gasteiger charge is -2.06. The fraction of sp³-hybridized carbons (Fsp3) is 0.308. The van der Waals surface area contributed by atoms with Gasteiger partial charge in [0.1, 0.15) is 5.82 Å². The van der Waals surface area contributed by atoms with Gasteiger partial charge in [-0.05, 0) is 29.8 Å². The second-order valence-electron chi connectivity index (χ2n) is 4.15. The number of nitrogens with zero attached hydrogens (tertiary/aromatic N) is 2. The molecule has 2 aromatic rings. The molecule has 3 nitrogen and oxygen atoms in total. The molecule has 1 N–H and O–H groups in total. The Bertz CT molecular complexity index is 504. The number of rotatable bonds is 5. The van der Waals surface area contributed by atoms with E-state index in [-0.39, 0.29) is 5.82 Å². The highest BCUT2D eigenvalue weighted by molar-refractivity contribution is 6.30. The van der Waals surface area contributed by atoms with Crippen molar-refractivity contribution in [3.8, 4) is 0 Å². The van der Waals surface area contributed by atoms with E-state index in [4.69, 9.17) is 11.6 Å². The van der Waals surface area contributed by atoms with Crippen LogP contribution < -0.4 is 5.32 Å². The average molecular weight is 268 g/mol. The fourth-order valence-corrected chi connectivity index (χ4v) is 2.05. The number of aromatic nitrogens is 2. The van der Waals surface area contributed by atoms with Crippen LogP contribution in [0.1, 0.15) is 11.3 Å². The molecule has 0 radical (unpaired) electrons. The third-order valence-electron chi connectivity index (χ3n) is 2.73. The maximum atomic E-state index is 13.1. The molecule has 0 fully saturated rings. The standard InChI is InChI=1S/C13H15ClFN3/c1-18-13(3-5-17-18)2-4-16-9-10-6-11(14)8-12(15)7-10/h3,5-8,16H,2,4,9H2,1H3. The molecule has 18 heavy (non-hydrogen) atoms. The van der Waals surface area contributed by atoms with Crippen molar-refractivity contribution in [3.63, 3.8) is 0 Å². The topological polar surface area (TPSA) is 29.9 Å². The van der Waals surface area contributed by atoms with Gasteiger partial charge in [0.2, 0.25) is 0 Å². The highest BCUT2D eigenvalue weighted by Crippen LogP contribution is 2.13. The summed E-state index contributed by atoms with van der Waals surface area (Å²) in [6.07, 6.45) is 2.67. The first-order chi connectivity index (χ1) is 8.65. The Balaban J connectivity index is 1.80. The lowest BCUT2D eigenvalue weighted by Crippen LogP contribution is -2.18. The molecule has 0 atom stereocenters. The third-order valence-corrected chi connectivity index (χ3v) is 2.95. The third kappa shape index (κ3) is 3.55. The van der Waals surface area contributed by atoms with Crippen LogP contribution in [0.15, 0.2) is 30.5 Å². The van der Waals surface area contributed by atoms with E-state index < -0.39 is 0 Å². The molecule has 5 heteroatoms. The lowest BCUT2D eigenvalue weighted by molar-refractivity contribution is 0.616. The van der Waals surface area contributed by atoms with Crippen LogP contribution in [0.2, 0.25) is 5.02 Å². The van der Waals surface area contributed by atoms with Gasteiger partial charge in [-0.25, -0.2) is 4.39 Å². The Hall–Kier alpha value is -1.39. The van der Waals surface area contributed by atoms with Crippen LogP contribution in [0.3, 0.4) is 0 Å². The Labute approximate surface area is 111 Å². The number of hydrogen-bond donors (Lipinski definition) is 1. The van der Waals surface area contributed by atoms with Crippen LogP contribution in [0.25, 0.3) is 0 Å². The minimum absolute atomic E-state index is 0.300. The number of nitrogens with one attached hydrogen (secondary N) is 1. The van der Waals surface area contributed by atoms with Crippen molar-refractivity contribution in [1.82, 2.24) is 15.1 Å². The van der Waals surface area contributed by atoms with Gasteiger partial charge in [-0.2, -0.15) is 5.10 Å². The van der Waals surface area contributed by atoms with Gasteiger partial charge in [-0.15, -0.1) is 0 Å². The molecule has 0 bridgehead atoms. The largest absolute Gasteiger partial charge is 0.312 e. The predicted molar refractivity (Wildman–Crippen MR) is 70.0 cm³/mol. The van der Waals surface area contributed by atoms with Crippen LogP contribution in [0, 0.1) is 5.82 Å². The molecule has 1 aromatic carbocycles. The quantitative estimate of drug-likeness (QED) is 0.844. The summed E-state index contributed by atoms with van der Waals surface area (Å²) in [5.41, 5.74) is 2.02. The summed E-state index contributed by atoms with van der Waals surface area (Å²) in [6, 6.07) is 6.55. The van der Waals surface area contributed by atoms with Crippen molar-refractivity contribution >= 4 is 11.6 Å². The smallest absolute Gasteiger partial charge is 0.125 e. The first kappa shape index (κ1) is 13.1. The summed E-state index contributed by atoms with van der Waals surface area (Å²) in [5.74, 6) is -0.300. The molecular weight excluding hydrogens is 253 g/mol. The fourth-order valence-electron chi connectivity index (χ4n) is 1.81. The predicted octanol–water partition coefficient (Wildman–Crippen LogP) is 2.54. The van der Waals surface area contributed by atoms with Crippen molar-refractivity contribution in [2.75, 3.05) is 6.54 Å². The van der Waals surface area contributed by atoms with E-state index in [0.717, 1.165) is 18.5 Å². The van der Waals surface area contributed by atoms with Crippen LogP contribution in [0.4, 0.5) is 4.39 Å². The second kappa shape index (κ2) is 5.98. The van der Waals surface area contributed by atoms with Crippen LogP contribution in [0.5, 0.6) is 0 Å². The summed E-state index contributed by atoms with van der Waals surface area (Å²) in [6.45, 7) is 1.42. The molecule has 0 saturated carbocycles. The summed E-state index contributed by atoms with van der Waals surface area (Å²) in [5, 5.41) is 7.78. The van der Waals surface area contributed by atoms with Crippen LogP contribution in [-0.2, 0) is 20.0 Å². The summed E-state index contributed by atoms with van der Waals surface area (Å²) >= 11 is 5.79. The number of aryl methyl sites for hydroxylation is 1. The minimum atomic E-state index is -0.300. The molecule has 2 rings (SSSR count). The second-order valence-corrected chi connectivity index (χ2v) is 4.59. The first-order valence-electron chi connectivity index (χ1n) is 5.78. The van der Waals surface area contributed by atoms with E-state index in [2.05, 4.69) is 10.4 Å². The van der Waals surface area contributed by atoms with Gasteiger partial charge in [0, 0.05) is 43.5 Å². The number of hydrogen-bond acceptors (Lipinski definition) is 2. The number of halogens is 2. The summed E-state index contributed by atoms with van der Waals surface area (Å²) in [4.78, 5) is 0. The Morgan fingerprint density at radius 3 is 2.89 bits per heavy atom. The molecule has 0 amide bonds. The molecule has 96 valence electrons. The van der Waals surface area contributed by atoms with E-state index in [0.29, 0.717) is 11.6 Å². The van der Waals surface area contributed by atoms with Gasteiger partial charge in [0.15, 0.2) is 0 Å². The first-order valence-corrected chi connectivity index (χ1v) is 6.15. The van der Waals surface area contributed by atoms with Gasteiger partial charge in [-0.3, -0.25) is 4.68 Å². The van der Waals surface area contributed by atoms with Gasteiger partial charge in [-0.1, -0.05) is 11.6 Å². The van der Waals surface area contributed by atoms with Gasteiger partial charge >= 0.3 is 0 Å². The van der Waals surface area contributed by atoms with Crippen LogP contribution in [-0.4, -0.2) is 16.3 Å². The van der Waals surface area contributed by atoms with E-state index in [9.17, 15) is 4.39 Å². The molecule has 0 saturated heterocycles.